The van der Waals surface area contributed by atoms with Crippen molar-refractivity contribution in [1.82, 2.24) is 4.90 Å². The van der Waals surface area contributed by atoms with Crippen LogP contribution in [0.2, 0.25) is 0 Å². The SMILES string of the molecule is CCC1CCCCC1(CN)N1CCC(CC)(CC)CC1. The van der Waals surface area contributed by atoms with E-state index in [0.29, 0.717) is 11.0 Å². The van der Waals surface area contributed by atoms with E-state index < -0.39 is 0 Å². The van der Waals surface area contributed by atoms with Crippen LogP contribution in [0.4, 0.5) is 0 Å². The van der Waals surface area contributed by atoms with E-state index in [2.05, 4.69) is 25.7 Å². The molecular formula is C18H36N2. The highest BCUT2D eigenvalue weighted by Gasteiger charge is 2.45. The van der Waals surface area contributed by atoms with Crippen molar-refractivity contribution in [2.24, 2.45) is 17.1 Å². The molecule has 1 aliphatic heterocycles. The fraction of sp³-hybridized carbons (Fsp3) is 1.00. The van der Waals surface area contributed by atoms with Gasteiger partial charge in [-0.3, -0.25) is 4.90 Å². The van der Waals surface area contributed by atoms with Crippen LogP contribution in [0.3, 0.4) is 0 Å². The van der Waals surface area contributed by atoms with Gasteiger partial charge < -0.3 is 5.73 Å². The van der Waals surface area contributed by atoms with E-state index in [-0.39, 0.29) is 0 Å². The number of rotatable bonds is 5. The van der Waals surface area contributed by atoms with Crippen molar-refractivity contribution in [1.29, 1.82) is 0 Å². The number of likely N-dealkylation sites (tertiary alicyclic amines) is 1. The molecule has 0 amide bonds. The Morgan fingerprint density at radius 1 is 1.00 bits per heavy atom. The third kappa shape index (κ3) is 2.78. The molecule has 1 heterocycles. The van der Waals surface area contributed by atoms with Crippen molar-refractivity contribution in [2.75, 3.05) is 19.6 Å². The lowest BCUT2D eigenvalue weighted by Crippen LogP contribution is -2.62. The molecule has 0 aromatic heterocycles. The van der Waals surface area contributed by atoms with Gasteiger partial charge in [-0.2, -0.15) is 0 Å². The molecule has 1 aliphatic carbocycles. The van der Waals surface area contributed by atoms with Gasteiger partial charge in [-0.15, -0.1) is 0 Å². The van der Waals surface area contributed by atoms with Crippen LogP contribution in [-0.4, -0.2) is 30.1 Å². The van der Waals surface area contributed by atoms with Crippen molar-refractivity contribution in [2.45, 2.75) is 84.1 Å². The van der Waals surface area contributed by atoms with Crippen LogP contribution in [0.5, 0.6) is 0 Å². The second-order valence-electron chi connectivity index (χ2n) is 7.35. The first-order chi connectivity index (χ1) is 9.66. The Morgan fingerprint density at radius 2 is 1.65 bits per heavy atom. The first-order valence-electron chi connectivity index (χ1n) is 9.11. The van der Waals surface area contributed by atoms with Crippen LogP contribution in [0.1, 0.15) is 78.6 Å². The number of piperidine rings is 1. The molecule has 20 heavy (non-hydrogen) atoms. The highest BCUT2D eigenvalue weighted by Crippen LogP contribution is 2.45. The number of nitrogens with two attached hydrogens (primary N) is 1. The zero-order valence-corrected chi connectivity index (χ0v) is 14.1. The van der Waals surface area contributed by atoms with Gasteiger partial charge in [-0.05, 0) is 50.1 Å². The van der Waals surface area contributed by atoms with E-state index in [4.69, 9.17) is 5.73 Å². The molecule has 118 valence electrons. The van der Waals surface area contributed by atoms with Crippen LogP contribution in [-0.2, 0) is 0 Å². The number of nitrogens with zero attached hydrogens (tertiary/aromatic N) is 1. The van der Waals surface area contributed by atoms with Crippen molar-refractivity contribution >= 4 is 0 Å². The second kappa shape index (κ2) is 6.79. The lowest BCUT2D eigenvalue weighted by atomic mass is 9.67. The predicted molar refractivity (Wildman–Crippen MR) is 87.9 cm³/mol. The zero-order chi connectivity index (χ0) is 14.6. The second-order valence-corrected chi connectivity index (χ2v) is 7.35. The van der Waals surface area contributed by atoms with E-state index in [1.807, 2.05) is 0 Å². The van der Waals surface area contributed by atoms with Gasteiger partial charge in [0.25, 0.3) is 0 Å². The molecule has 2 atom stereocenters. The molecule has 2 aliphatic rings. The minimum atomic E-state index is 0.334. The summed E-state index contributed by atoms with van der Waals surface area (Å²) in [5.74, 6) is 0.831. The molecule has 2 N–H and O–H groups in total. The van der Waals surface area contributed by atoms with Crippen LogP contribution >= 0.6 is 0 Å². The first kappa shape index (κ1) is 16.3. The molecule has 0 spiro atoms. The largest absolute Gasteiger partial charge is 0.329 e. The molecule has 2 fully saturated rings. The highest BCUT2D eigenvalue weighted by molar-refractivity contribution is 5.01. The molecular weight excluding hydrogens is 244 g/mol. The van der Waals surface area contributed by atoms with E-state index in [9.17, 15) is 0 Å². The zero-order valence-electron chi connectivity index (χ0n) is 14.1. The summed E-state index contributed by atoms with van der Waals surface area (Å²) in [6.07, 6.45) is 12.3. The summed E-state index contributed by atoms with van der Waals surface area (Å²) in [6.45, 7) is 10.6. The molecule has 0 aromatic rings. The van der Waals surface area contributed by atoms with Gasteiger partial charge in [0.15, 0.2) is 0 Å². The topological polar surface area (TPSA) is 29.3 Å². The molecule has 0 radical (unpaired) electrons. The van der Waals surface area contributed by atoms with E-state index >= 15 is 0 Å². The van der Waals surface area contributed by atoms with Crippen molar-refractivity contribution in [3.8, 4) is 0 Å². The summed E-state index contributed by atoms with van der Waals surface area (Å²) < 4.78 is 0. The maximum absolute atomic E-state index is 6.33. The van der Waals surface area contributed by atoms with Crippen LogP contribution < -0.4 is 5.73 Å². The van der Waals surface area contributed by atoms with Gasteiger partial charge in [0.1, 0.15) is 0 Å². The summed E-state index contributed by atoms with van der Waals surface area (Å²) in [5.41, 5.74) is 7.29. The fourth-order valence-electron chi connectivity index (χ4n) is 5.08. The summed E-state index contributed by atoms with van der Waals surface area (Å²) >= 11 is 0. The summed E-state index contributed by atoms with van der Waals surface area (Å²) in [5, 5.41) is 0. The van der Waals surface area contributed by atoms with Gasteiger partial charge >= 0.3 is 0 Å². The average molecular weight is 280 g/mol. The summed E-state index contributed by atoms with van der Waals surface area (Å²) in [6, 6.07) is 0. The number of hydrogen-bond donors (Lipinski definition) is 1. The average Bonchev–Trinajstić information content (AvgIpc) is 2.54. The lowest BCUT2D eigenvalue weighted by Gasteiger charge is -2.55. The van der Waals surface area contributed by atoms with Gasteiger partial charge in [-0.25, -0.2) is 0 Å². The molecule has 2 nitrogen and oxygen atoms in total. The van der Waals surface area contributed by atoms with Gasteiger partial charge in [0.05, 0.1) is 0 Å². The third-order valence-corrected chi connectivity index (χ3v) is 6.97. The lowest BCUT2D eigenvalue weighted by molar-refractivity contribution is -0.0377. The van der Waals surface area contributed by atoms with Gasteiger partial charge in [0.2, 0.25) is 0 Å². The minimum absolute atomic E-state index is 0.334. The normalized spacial score (nSPS) is 35.1. The Balaban J connectivity index is 2.09. The summed E-state index contributed by atoms with van der Waals surface area (Å²) in [7, 11) is 0. The van der Waals surface area contributed by atoms with E-state index in [0.717, 1.165) is 12.5 Å². The fourth-order valence-corrected chi connectivity index (χ4v) is 5.08. The molecule has 1 saturated heterocycles. The van der Waals surface area contributed by atoms with Crippen LogP contribution in [0.25, 0.3) is 0 Å². The van der Waals surface area contributed by atoms with Crippen molar-refractivity contribution in [3.63, 3.8) is 0 Å². The Labute approximate surface area is 126 Å². The Hall–Kier alpha value is -0.0800. The Bertz CT molecular complexity index is 288. The van der Waals surface area contributed by atoms with Crippen LogP contribution in [0.15, 0.2) is 0 Å². The Kier molecular flexibility index (Phi) is 5.53. The third-order valence-electron chi connectivity index (χ3n) is 6.97. The summed E-state index contributed by atoms with van der Waals surface area (Å²) in [4.78, 5) is 2.81. The maximum atomic E-state index is 6.33. The monoisotopic (exact) mass is 280 g/mol. The van der Waals surface area contributed by atoms with Crippen molar-refractivity contribution in [3.05, 3.63) is 0 Å². The quantitative estimate of drug-likeness (QED) is 0.818. The molecule has 0 bridgehead atoms. The van der Waals surface area contributed by atoms with Gasteiger partial charge in [0, 0.05) is 12.1 Å². The van der Waals surface area contributed by atoms with Crippen LogP contribution in [0, 0.1) is 11.3 Å². The van der Waals surface area contributed by atoms with Gasteiger partial charge in [-0.1, -0.05) is 52.9 Å². The Morgan fingerprint density at radius 3 is 2.15 bits per heavy atom. The molecule has 2 heteroatoms. The van der Waals surface area contributed by atoms with E-state index in [1.54, 1.807) is 0 Å². The van der Waals surface area contributed by atoms with E-state index in [1.165, 1.54) is 70.9 Å². The molecule has 2 unspecified atom stereocenters. The smallest absolute Gasteiger partial charge is 0.0359 e. The first-order valence-corrected chi connectivity index (χ1v) is 9.11. The maximum Gasteiger partial charge on any atom is 0.0359 e. The molecule has 0 aromatic carbocycles. The number of hydrogen-bond acceptors (Lipinski definition) is 2. The predicted octanol–water partition coefficient (Wildman–Crippen LogP) is 4.19. The standard InChI is InChI=1S/C18H36N2/c1-4-16-9-7-8-10-18(16,15-19)20-13-11-17(5-2,6-3)12-14-20/h16H,4-15,19H2,1-3H3. The van der Waals surface area contributed by atoms with Crippen molar-refractivity contribution < 1.29 is 0 Å². The molecule has 2 rings (SSSR count). The molecule has 1 saturated carbocycles. The highest BCUT2D eigenvalue weighted by atomic mass is 15.2. The minimum Gasteiger partial charge on any atom is -0.329 e.